The summed E-state index contributed by atoms with van der Waals surface area (Å²) in [5.41, 5.74) is 7.10. The Morgan fingerprint density at radius 2 is 2.06 bits per heavy atom. The van der Waals surface area contributed by atoms with E-state index in [1.165, 1.54) is 0 Å². The zero-order chi connectivity index (χ0) is 11.5. The van der Waals surface area contributed by atoms with Gasteiger partial charge in [-0.3, -0.25) is 0 Å². The molecule has 0 aliphatic carbocycles. The molecular formula is C11H9ClIN3. The van der Waals surface area contributed by atoms with Gasteiger partial charge in [-0.1, -0.05) is 23.7 Å². The first-order valence-corrected chi connectivity index (χ1v) is 6.05. The summed E-state index contributed by atoms with van der Waals surface area (Å²) in [6.07, 6.45) is 1.57. The minimum absolute atomic E-state index is 0.514. The van der Waals surface area contributed by atoms with Gasteiger partial charge >= 0.3 is 0 Å². The third-order valence-corrected chi connectivity index (χ3v) is 3.22. The minimum atomic E-state index is 0.514. The minimum Gasteiger partial charge on any atom is -0.397 e. The van der Waals surface area contributed by atoms with Crippen LogP contribution in [0, 0.1) is 3.57 Å². The Labute approximate surface area is 112 Å². The molecule has 0 amide bonds. The first kappa shape index (κ1) is 11.5. The lowest BCUT2D eigenvalue weighted by molar-refractivity contribution is 1.31. The summed E-state index contributed by atoms with van der Waals surface area (Å²) in [6.45, 7) is 0. The highest BCUT2D eigenvalue weighted by atomic mass is 127. The van der Waals surface area contributed by atoms with E-state index in [9.17, 15) is 0 Å². The van der Waals surface area contributed by atoms with Crippen molar-refractivity contribution in [3.8, 4) is 0 Å². The van der Waals surface area contributed by atoms with Gasteiger partial charge in [-0.05, 0) is 40.8 Å². The topological polar surface area (TPSA) is 50.9 Å². The van der Waals surface area contributed by atoms with E-state index < -0.39 is 0 Å². The van der Waals surface area contributed by atoms with Gasteiger partial charge in [0, 0.05) is 3.57 Å². The highest BCUT2D eigenvalue weighted by Crippen LogP contribution is 2.26. The Bertz CT molecular complexity index is 516. The van der Waals surface area contributed by atoms with Crippen molar-refractivity contribution in [2.45, 2.75) is 0 Å². The molecule has 0 aliphatic rings. The molecule has 1 aromatic heterocycles. The van der Waals surface area contributed by atoms with Crippen LogP contribution in [0.25, 0.3) is 0 Å². The molecule has 0 bridgehead atoms. The second-order valence-corrected chi connectivity index (χ2v) is 4.77. The van der Waals surface area contributed by atoms with E-state index in [4.69, 9.17) is 17.3 Å². The van der Waals surface area contributed by atoms with Gasteiger partial charge in [0.25, 0.3) is 0 Å². The first-order valence-electron chi connectivity index (χ1n) is 4.59. The molecule has 0 unspecified atom stereocenters. The molecule has 0 fully saturated rings. The lowest BCUT2D eigenvalue weighted by atomic mass is 10.3. The van der Waals surface area contributed by atoms with E-state index in [-0.39, 0.29) is 0 Å². The van der Waals surface area contributed by atoms with E-state index in [1.54, 1.807) is 12.3 Å². The number of aromatic nitrogens is 1. The summed E-state index contributed by atoms with van der Waals surface area (Å²) >= 11 is 8.27. The van der Waals surface area contributed by atoms with Crippen LogP contribution in [0.15, 0.2) is 36.5 Å². The maximum absolute atomic E-state index is 6.02. The van der Waals surface area contributed by atoms with Crippen molar-refractivity contribution >= 4 is 51.4 Å². The van der Waals surface area contributed by atoms with Gasteiger partial charge in [-0.2, -0.15) is 0 Å². The number of anilines is 3. The molecule has 5 heteroatoms. The SMILES string of the molecule is Nc1cnc(Nc2ccccc2I)c(Cl)c1. The van der Waals surface area contributed by atoms with Crippen LogP contribution >= 0.6 is 34.2 Å². The van der Waals surface area contributed by atoms with Crippen LogP contribution in [0.1, 0.15) is 0 Å². The number of nitrogens with zero attached hydrogens (tertiary/aromatic N) is 1. The summed E-state index contributed by atoms with van der Waals surface area (Å²) in [5, 5.41) is 3.68. The molecule has 0 saturated heterocycles. The van der Waals surface area contributed by atoms with Crippen molar-refractivity contribution in [1.82, 2.24) is 4.98 Å². The monoisotopic (exact) mass is 345 g/mol. The summed E-state index contributed by atoms with van der Waals surface area (Å²) < 4.78 is 1.11. The zero-order valence-electron chi connectivity index (χ0n) is 8.24. The standard InChI is InChI=1S/C11H9ClIN3/c12-8-5-7(14)6-15-11(8)16-10-4-2-1-3-9(10)13/h1-6H,14H2,(H,15,16). The highest BCUT2D eigenvalue weighted by Gasteiger charge is 2.04. The molecule has 2 rings (SSSR count). The first-order chi connectivity index (χ1) is 7.66. The number of benzene rings is 1. The van der Waals surface area contributed by atoms with Gasteiger partial charge in [0.05, 0.1) is 22.6 Å². The normalized spacial score (nSPS) is 10.1. The van der Waals surface area contributed by atoms with Gasteiger partial charge < -0.3 is 11.1 Å². The molecule has 2 aromatic rings. The van der Waals surface area contributed by atoms with Crippen LogP contribution in [0.2, 0.25) is 5.02 Å². The lowest BCUT2D eigenvalue weighted by Crippen LogP contribution is -1.97. The van der Waals surface area contributed by atoms with Crippen molar-refractivity contribution in [3.05, 3.63) is 45.1 Å². The van der Waals surface area contributed by atoms with Gasteiger partial charge in [0.15, 0.2) is 0 Å². The number of hydrogen-bond donors (Lipinski definition) is 2. The van der Waals surface area contributed by atoms with Crippen LogP contribution in [0.3, 0.4) is 0 Å². The molecule has 0 atom stereocenters. The number of nitrogen functional groups attached to an aromatic ring is 1. The number of nitrogens with one attached hydrogen (secondary N) is 1. The molecule has 0 aliphatic heterocycles. The number of hydrogen-bond acceptors (Lipinski definition) is 3. The fourth-order valence-corrected chi connectivity index (χ4v) is 1.98. The molecule has 3 nitrogen and oxygen atoms in total. The molecule has 0 saturated carbocycles. The molecule has 0 spiro atoms. The number of halogens is 2. The summed E-state index contributed by atoms with van der Waals surface area (Å²) in [4.78, 5) is 4.14. The Morgan fingerprint density at radius 3 is 2.75 bits per heavy atom. The lowest BCUT2D eigenvalue weighted by Gasteiger charge is -2.09. The van der Waals surface area contributed by atoms with Crippen LogP contribution in [-0.2, 0) is 0 Å². The summed E-state index contributed by atoms with van der Waals surface area (Å²) in [6, 6.07) is 9.58. The van der Waals surface area contributed by atoms with Crippen molar-refractivity contribution in [2.75, 3.05) is 11.1 Å². The maximum atomic E-state index is 6.02. The molecule has 0 radical (unpaired) electrons. The largest absolute Gasteiger partial charge is 0.397 e. The predicted octanol–water partition coefficient (Wildman–Crippen LogP) is 3.67. The van der Waals surface area contributed by atoms with E-state index in [0.717, 1.165) is 9.26 Å². The smallest absolute Gasteiger partial charge is 0.149 e. The van der Waals surface area contributed by atoms with Gasteiger partial charge in [-0.15, -0.1) is 0 Å². The second kappa shape index (κ2) is 4.88. The van der Waals surface area contributed by atoms with Crippen molar-refractivity contribution in [1.29, 1.82) is 0 Å². The highest BCUT2D eigenvalue weighted by molar-refractivity contribution is 14.1. The molecule has 1 aromatic carbocycles. The van der Waals surface area contributed by atoms with Crippen molar-refractivity contribution < 1.29 is 0 Å². The Kier molecular flexibility index (Phi) is 3.50. The Balaban J connectivity index is 2.31. The van der Waals surface area contributed by atoms with Crippen molar-refractivity contribution in [3.63, 3.8) is 0 Å². The average Bonchev–Trinajstić information content (AvgIpc) is 2.25. The maximum Gasteiger partial charge on any atom is 0.149 e. The predicted molar refractivity (Wildman–Crippen MR) is 76.1 cm³/mol. The van der Waals surface area contributed by atoms with Crippen LogP contribution in [0.5, 0.6) is 0 Å². The van der Waals surface area contributed by atoms with E-state index in [0.29, 0.717) is 16.5 Å². The van der Waals surface area contributed by atoms with E-state index >= 15 is 0 Å². The number of rotatable bonds is 2. The number of para-hydroxylation sites is 1. The average molecular weight is 346 g/mol. The zero-order valence-corrected chi connectivity index (χ0v) is 11.2. The van der Waals surface area contributed by atoms with Gasteiger partial charge in [0.2, 0.25) is 0 Å². The molecule has 1 heterocycles. The molecular weight excluding hydrogens is 336 g/mol. The molecule has 16 heavy (non-hydrogen) atoms. The second-order valence-electron chi connectivity index (χ2n) is 3.20. The van der Waals surface area contributed by atoms with Gasteiger partial charge in [0.1, 0.15) is 5.82 Å². The third-order valence-electron chi connectivity index (χ3n) is 1.99. The Hall–Kier alpha value is -1.01. The number of nitrogens with two attached hydrogens (primary N) is 1. The summed E-state index contributed by atoms with van der Waals surface area (Å²) in [7, 11) is 0. The van der Waals surface area contributed by atoms with Gasteiger partial charge in [-0.25, -0.2) is 4.98 Å². The van der Waals surface area contributed by atoms with Crippen molar-refractivity contribution in [2.24, 2.45) is 0 Å². The third kappa shape index (κ3) is 2.56. The van der Waals surface area contributed by atoms with Crippen LogP contribution < -0.4 is 11.1 Å². The van der Waals surface area contributed by atoms with Crippen LogP contribution in [-0.4, -0.2) is 4.98 Å². The van der Waals surface area contributed by atoms with E-state index in [1.807, 2.05) is 24.3 Å². The molecule has 82 valence electrons. The number of pyridine rings is 1. The fourth-order valence-electron chi connectivity index (χ4n) is 1.23. The summed E-state index contributed by atoms with van der Waals surface area (Å²) in [5.74, 6) is 0.611. The van der Waals surface area contributed by atoms with Crippen LogP contribution in [0.4, 0.5) is 17.2 Å². The van der Waals surface area contributed by atoms with E-state index in [2.05, 4.69) is 32.9 Å². The Morgan fingerprint density at radius 1 is 1.31 bits per heavy atom. The fraction of sp³-hybridized carbons (Fsp3) is 0. The quantitative estimate of drug-likeness (QED) is 0.817. The molecule has 3 N–H and O–H groups in total.